The average molecular weight is 296 g/mol. The molecule has 0 amide bonds. The summed E-state index contributed by atoms with van der Waals surface area (Å²) in [5, 5.41) is 2.61. The van der Waals surface area contributed by atoms with Crippen molar-refractivity contribution in [2.75, 3.05) is 0 Å². The number of carbonyl (C=O) groups excluding carboxylic acids is 1. The van der Waals surface area contributed by atoms with Gasteiger partial charge in [0.15, 0.2) is 0 Å². The first-order valence-corrected chi connectivity index (χ1v) is 7.29. The van der Waals surface area contributed by atoms with Crippen molar-refractivity contribution in [1.29, 1.82) is 0 Å². The minimum atomic E-state index is -0.264. The molecule has 2 aromatic rings. The fourth-order valence-corrected chi connectivity index (χ4v) is 2.37. The fourth-order valence-electron chi connectivity index (χ4n) is 1.65. The minimum Gasteiger partial charge on any atom is -0.458 e. The molecule has 0 fully saturated rings. The van der Waals surface area contributed by atoms with Gasteiger partial charge in [-0.25, -0.2) is 4.98 Å². The molecule has 5 heteroatoms. The Labute approximate surface area is 121 Å². The van der Waals surface area contributed by atoms with E-state index >= 15 is 0 Å². The first-order chi connectivity index (χ1) is 9.15. The molecule has 100 valence electrons. The molecule has 0 radical (unpaired) electrons. The number of nitrogens with zero attached hydrogens (tertiary/aromatic N) is 1. The average Bonchev–Trinajstić information content (AvgIpc) is 2.90. The van der Waals surface area contributed by atoms with E-state index in [0.29, 0.717) is 17.9 Å². The molecule has 0 bridgehead atoms. The van der Waals surface area contributed by atoms with Crippen LogP contribution < -0.4 is 0 Å². The van der Waals surface area contributed by atoms with Crippen molar-refractivity contribution in [1.82, 2.24) is 4.98 Å². The fraction of sp³-hybridized carbons (Fsp3) is 0.286. The van der Waals surface area contributed by atoms with Gasteiger partial charge in [0.1, 0.15) is 6.10 Å². The monoisotopic (exact) mass is 295 g/mol. The second-order valence-corrected chi connectivity index (χ2v) is 5.32. The normalized spacial score (nSPS) is 12.1. The van der Waals surface area contributed by atoms with Gasteiger partial charge in [0.05, 0.1) is 17.6 Å². The molecule has 2 rings (SSSR count). The lowest BCUT2D eigenvalue weighted by molar-refractivity contribution is -0.148. The van der Waals surface area contributed by atoms with Gasteiger partial charge in [0, 0.05) is 16.8 Å². The SMILES string of the molecule is CC(OC(=O)CCc1cscn1)c1ccc(Cl)cc1. The zero-order valence-corrected chi connectivity index (χ0v) is 12.1. The number of hydrogen-bond acceptors (Lipinski definition) is 4. The third kappa shape index (κ3) is 4.33. The molecule has 0 aliphatic carbocycles. The van der Waals surface area contributed by atoms with E-state index in [-0.39, 0.29) is 12.1 Å². The largest absolute Gasteiger partial charge is 0.458 e. The topological polar surface area (TPSA) is 39.2 Å². The van der Waals surface area contributed by atoms with Crippen molar-refractivity contribution in [3.05, 3.63) is 51.4 Å². The van der Waals surface area contributed by atoms with E-state index in [1.165, 1.54) is 11.3 Å². The first-order valence-electron chi connectivity index (χ1n) is 5.97. The molecule has 0 spiro atoms. The summed E-state index contributed by atoms with van der Waals surface area (Å²) >= 11 is 7.34. The van der Waals surface area contributed by atoms with Crippen LogP contribution >= 0.6 is 22.9 Å². The molecular weight excluding hydrogens is 282 g/mol. The van der Waals surface area contributed by atoms with Gasteiger partial charge in [0.2, 0.25) is 0 Å². The van der Waals surface area contributed by atoms with E-state index in [1.807, 2.05) is 24.4 Å². The summed E-state index contributed by atoms with van der Waals surface area (Å²) in [6.07, 6.45) is 0.706. The van der Waals surface area contributed by atoms with Crippen LogP contribution in [0.3, 0.4) is 0 Å². The maximum Gasteiger partial charge on any atom is 0.306 e. The molecule has 19 heavy (non-hydrogen) atoms. The molecule has 1 heterocycles. The zero-order chi connectivity index (χ0) is 13.7. The molecule has 0 N–H and O–H groups in total. The van der Waals surface area contributed by atoms with Crippen LogP contribution in [0.1, 0.15) is 30.7 Å². The molecule has 1 atom stereocenters. The minimum absolute atomic E-state index is 0.213. The zero-order valence-electron chi connectivity index (χ0n) is 10.5. The Bertz CT molecular complexity index is 525. The van der Waals surface area contributed by atoms with Gasteiger partial charge in [-0.1, -0.05) is 23.7 Å². The number of rotatable bonds is 5. The van der Waals surface area contributed by atoms with Gasteiger partial charge in [-0.05, 0) is 24.6 Å². The van der Waals surface area contributed by atoms with E-state index in [4.69, 9.17) is 16.3 Å². The number of carbonyl (C=O) groups is 1. The highest BCUT2D eigenvalue weighted by molar-refractivity contribution is 7.07. The number of aromatic nitrogens is 1. The summed E-state index contributed by atoms with van der Waals surface area (Å²) in [5.74, 6) is -0.213. The van der Waals surface area contributed by atoms with Crippen LogP contribution in [-0.4, -0.2) is 11.0 Å². The highest BCUT2D eigenvalue weighted by Gasteiger charge is 2.12. The van der Waals surface area contributed by atoms with Crippen molar-refractivity contribution in [2.24, 2.45) is 0 Å². The summed E-state index contributed by atoms with van der Waals surface area (Å²) in [7, 11) is 0. The van der Waals surface area contributed by atoms with Crippen molar-refractivity contribution in [3.63, 3.8) is 0 Å². The van der Waals surface area contributed by atoms with Crippen LogP contribution in [0.4, 0.5) is 0 Å². The van der Waals surface area contributed by atoms with Gasteiger partial charge < -0.3 is 4.74 Å². The van der Waals surface area contributed by atoms with Crippen LogP contribution in [-0.2, 0) is 16.0 Å². The Hall–Kier alpha value is -1.39. The summed E-state index contributed by atoms with van der Waals surface area (Å²) in [6, 6.07) is 7.30. The van der Waals surface area contributed by atoms with Crippen LogP contribution in [0.15, 0.2) is 35.2 Å². The number of aryl methyl sites for hydroxylation is 1. The molecule has 0 aliphatic heterocycles. The van der Waals surface area contributed by atoms with E-state index in [1.54, 1.807) is 17.6 Å². The van der Waals surface area contributed by atoms with Crippen molar-refractivity contribution >= 4 is 28.9 Å². The third-order valence-corrected chi connectivity index (χ3v) is 3.60. The summed E-state index contributed by atoms with van der Waals surface area (Å²) in [4.78, 5) is 15.8. The third-order valence-electron chi connectivity index (χ3n) is 2.72. The maximum absolute atomic E-state index is 11.7. The number of ether oxygens (including phenoxy) is 1. The number of esters is 1. The number of halogens is 1. The van der Waals surface area contributed by atoms with Crippen LogP contribution in [0, 0.1) is 0 Å². The smallest absolute Gasteiger partial charge is 0.306 e. The molecule has 3 nitrogen and oxygen atoms in total. The molecule has 1 unspecified atom stereocenters. The molecule has 1 aromatic heterocycles. The molecule has 0 saturated carbocycles. The molecule has 0 saturated heterocycles. The van der Waals surface area contributed by atoms with Crippen LogP contribution in [0.5, 0.6) is 0 Å². The van der Waals surface area contributed by atoms with Crippen LogP contribution in [0.2, 0.25) is 5.02 Å². The van der Waals surface area contributed by atoms with Gasteiger partial charge >= 0.3 is 5.97 Å². The Morgan fingerprint density at radius 2 is 2.16 bits per heavy atom. The quantitative estimate of drug-likeness (QED) is 0.782. The van der Waals surface area contributed by atoms with Crippen molar-refractivity contribution in [2.45, 2.75) is 25.9 Å². The second kappa shape index (κ2) is 6.68. The lowest BCUT2D eigenvalue weighted by atomic mass is 10.1. The summed E-state index contributed by atoms with van der Waals surface area (Å²) in [5.41, 5.74) is 3.63. The molecule has 1 aromatic carbocycles. The van der Waals surface area contributed by atoms with Crippen LogP contribution in [0.25, 0.3) is 0 Å². The Morgan fingerprint density at radius 3 is 2.79 bits per heavy atom. The predicted molar refractivity (Wildman–Crippen MR) is 76.4 cm³/mol. The summed E-state index contributed by atoms with van der Waals surface area (Å²) < 4.78 is 5.37. The highest BCUT2D eigenvalue weighted by atomic mass is 35.5. The van der Waals surface area contributed by atoms with Crippen molar-refractivity contribution in [3.8, 4) is 0 Å². The Morgan fingerprint density at radius 1 is 1.42 bits per heavy atom. The van der Waals surface area contributed by atoms with Crippen molar-refractivity contribution < 1.29 is 9.53 Å². The predicted octanol–water partition coefficient (Wildman–Crippen LogP) is 4.03. The Balaban J connectivity index is 1.83. The molecule has 0 aliphatic rings. The van der Waals surface area contributed by atoms with Gasteiger partial charge in [-0.3, -0.25) is 4.79 Å². The number of hydrogen-bond donors (Lipinski definition) is 0. The Kier molecular flexibility index (Phi) is 4.93. The summed E-state index contributed by atoms with van der Waals surface area (Å²) in [6.45, 7) is 1.85. The van der Waals surface area contributed by atoms with Gasteiger partial charge in [-0.2, -0.15) is 0 Å². The maximum atomic E-state index is 11.7. The lowest BCUT2D eigenvalue weighted by Gasteiger charge is -2.13. The van der Waals surface area contributed by atoms with E-state index in [0.717, 1.165) is 11.3 Å². The molecular formula is C14H14ClNO2S. The van der Waals surface area contributed by atoms with E-state index in [2.05, 4.69) is 4.98 Å². The standard InChI is InChI=1S/C14H14ClNO2S/c1-10(11-2-4-12(15)5-3-11)18-14(17)7-6-13-8-19-9-16-13/h2-5,8-10H,6-7H2,1H3. The second-order valence-electron chi connectivity index (χ2n) is 4.16. The van der Waals surface area contributed by atoms with Gasteiger partial charge in [0.25, 0.3) is 0 Å². The van der Waals surface area contributed by atoms with Gasteiger partial charge in [-0.15, -0.1) is 11.3 Å². The first kappa shape index (κ1) is 14.0. The lowest BCUT2D eigenvalue weighted by Crippen LogP contribution is -2.09. The highest BCUT2D eigenvalue weighted by Crippen LogP contribution is 2.20. The number of thiazole rings is 1. The number of benzene rings is 1. The van der Waals surface area contributed by atoms with E-state index < -0.39 is 0 Å². The van der Waals surface area contributed by atoms with E-state index in [9.17, 15) is 4.79 Å².